The number of amides is 1. The van der Waals surface area contributed by atoms with Gasteiger partial charge in [0.25, 0.3) is 0 Å². The first-order valence-electron chi connectivity index (χ1n) is 8.06. The monoisotopic (exact) mass is 314 g/mol. The van der Waals surface area contributed by atoms with Crippen molar-refractivity contribution in [1.29, 1.82) is 0 Å². The number of H-pyrrole nitrogens is 1. The average Bonchev–Trinajstić information content (AvgIpc) is 3.14. The lowest BCUT2D eigenvalue weighted by molar-refractivity contribution is -0.132. The first-order valence-corrected chi connectivity index (χ1v) is 8.06. The summed E-state index contributed by atoms with van der Waals surface area (Å²) in [6.07, 6.45) is 3.24. The zero-order valence-corrected chi connectivity index (χ0v) is 13.5. The van der Waals surface area contributed by atoms with Crippen molar-refractivity contribution in [3.05, 3.63) is 52.2 Å². The van der Waals surface area contributed by atoms with Crippen LogP contribution < -0.4 is 5.69 Å². The number of benzene rings is 1. The highest BCUT2D eigenvalue weighted by Gasteiger charge is 2.36. The lowest BCUT2D eigenvalue weighted by atomic mass is 9.90. The summed E-state index contributed by atoms with van der Waals surface area (Å²) < 4.78 is 1.31. The van der Waals surface area contributed by atoms with Crippen molar-refractivity contribution in [1.82, 2.24) is 19.7 Å². The van der Waals surface area contributed by atoms with Crippen LogP contribution in [0.2, 0.25) is 0 Å². The lowest BCUT2D eigenvalue weighted by Crippen LogP contribution is -2.40. The first-order chi connectivity index (χ1) is 11.1. The minimum Gasteiger partial charge on any atom is -0.338 e. The summed E-state index contributed by atoms with van der Waals surface area (Å²) >= 11 is 0. The Kier molecular flexibility index (Phi) is 4.32. The van der Waals surface area contributed by atoms with E-state index in [9.17, 15) is 9.59 Å². The fraction of sp³-hybridized carbons (Fsp3) is 0.471. The molecule has 2 heterocycles. The van der Waals surface area contributed by atoms with Gasteiger partial charge in [-0.2, -0.15) is 5.10 Å². The van der Waals surface area contributed by atoms with E-state index in [4.69, 9.17) is 0 Å². The standard InChI is InChI=1S/C17H22N4O2/c1-3-15-14(13-6-4-12(2)5-7-13)8-9-21(15)16(22)10-20-11-18-19-17(20)23/h4-7,11,14-15H,3,8-10H2,1-2H3,(H,19,23)/t14-,15+/m1/s1. The van der Waals surface area contributed by atoms with Crippen LogP contribution in [0, 0.1) is 6.92 Å². The maximum Gasteiger partial charge on any atom is 0.343 e. The summed E-state index contributed by atoms with van der Waals surface area (Å²) in [5, 5.41) is 5.98. The van der Waals surface area contributed by atoms with Gasteiger partial charge in [-0.15, -0.1) is 0 Å². The van der Waals surface area contributed by atoms with Crippen LogP contribution in [0.3, 0.4) is 0 Å². The third-order valence-corrected chi connectivity index (χ3v) is 4.71. The third kappa shape index (κ3) is 3.06. The van der Waals surface area contributed by atoms with E-state index in [1.165, 1.54) is 22.0 Å². The van der Waals surface area contributed by atoms with Crippen molar-refractivity contribution < 1.29 is 4.79 Å². The molecule has 0 spiro atoms. The molecule has 1 aromatic heterocycles. The predicted molar refractivity (Wildman–Crippen MR) is 87.2 cm³/mol. The van der Waals surface area contributed by atoms with Gasteiger partial charge in [0.2, 0.25) is 5.91 Å². The normalized spacial score (nSPS) is 20.9. The molecule has 2 atom stereocenters. The van der Waals surface area contributed by atoms with Crippen molar-refractivity contribution in [2.24, 2.45) is 0 Å². The van der Waals surface area contributed by atoms with Crippen molar-refractivity contribution in [3.8, 4) is 0 Å². The molecule has 1 amide bonds. The fourth-order valence-corrected chi connectivity index (χ4v) is 3.49. The number of carbonyl (C=O) groups excluding carboxylic acids is 1. The highest BCUT2D eigenvalue weighted by molar-refractivity contribution is 5.77. The number of aromatic nitrogens is 3. The van der Waals surface area contributed by atoms with E-state index >= 15 is 0 Å². The van der Waals surface area contributed by atoms with Crippen LogP contribution in [0.4, 0.5) is 0 Å². The van der Waals surface area contributed by atoms with Crippen LogP contribution in [-0.2, 0) is 11.3 Å². The quantitative estimate of drug-likeness (QED) is 0.933. The highest BCUT2D eigenvalue weighted by Crippen LogP contribution is 2.35. The number of rotatable bonds is 4. The highest BCUT2D eigenvalue weighted by atomic mass is 16.2. The molecule has 0 unspecified atom stereocenters. The van der Waals surface area contributed by atoms with Gasteiger partial charge < -0.3 is 4.90 Å². The number of hydrogen-bond donors (Lipinski definition) is 1. The lowest BCUT2D eigenvalue weighted by Gasteiger charge is -2.27. The molecule has 1 aromatic carbocycles. The van der Waals surface area contributed by atoms with E-state index in [0.29, 0.717) is 5.92 Å². The Morgan fingerprint density at radius 1 is 1.35 bits per heavy atom. The maximum absolute atomic E-state index is 12.6. The molecule has 2 aromatic rings. The molecule has 0 aliphatic carbocycles. The molecule has 3 rings (SSSR count). The molecular formula is C17H22N4O2. The van der Waals surface area contributed by atoms with Gasteiger partial charge in [0.15, 0.2) is 0 Å². The minimum atomic E-state index is -0.347. The Bertz CT molecular complexity index is 732. The zero-order valence-electron chi connectivity index (χ0n) is 13.5. The number of carbonyl (C=O) groups is 1. The maximum atomic E-state index is 12.6. The smallest absolute Gasteiger partial charge is 0.338 e. The second-order valence-corrected chi connectivity index (χ2v) is 6.16. The van der Waals surface area contributed by atoms with Crippen molar-refractivity contribution >= 4 is 5.91 Å². The molecule has 0 bridgehead atoms. The van der Waals surface area contributed by atoms with Gasteiger partial charge in [0.05, 0.1) is 0 Å². The van der Waals surface area contributed by atoms with Crippen LogP contribution in [-0.4, -0.2) is 38.2 Å². The number of aryl methyl sites for hydroxylation is 1. The largest absolute Gasteiger partial charge is 0.343 e. The summed E-state index contributed by atoms with van der Waals surface area (Å²) in [6.45, 7) is 4.98. The number of likely N-dealkylation sites (tertiary alicyclic amines) is 1. The van der Waals surface area contributed by atoms with E-state index in [-0.39, 0.29) is 24.2 Å². The molecular weight excluding hydrogens is 292 g/mol. The van der Waals surface area contributed by atoms with E-state index in [0.717, 1.165) is 19.4 Å². The minimum absolute atomic E-state index is 0.0186. The van der Waals surface area contributed by atoms with Crippen LogP contribution >= 0.6 is 0 Å². The van der Waals surface area contributed by atoms with E-state index in [1.807, 2.05) is 4.90 Å². The Morgan fingerprint density at radius 2 is 2.09 bits per heavy atom. The van der Waals surface area contributed by atoms with Gasteiger partial charge in [0, 0.05) is 18.5 Å². The molecule has 0 radical (unpaired) electrons. The Hall–Kier alpha value is -2.37. The predicted octanol–water partition coefficient (Wildman–Crippen LogP) is 1.67. The van der Waals surface area contributed by atoms with Crippen LogP contribution in [0.1, 0.15) is 36.8 Å². The molecule has 122 valence electrons. The molecule has 6 heteroatoms. The molecule has 6 nitrogen and oxygen atoms in total. The third-order valence-electron chi connectivity index (χ3n) is 4.71. The summed E-state index contributed by atoms with van der Waals surface area (Å²) in [4.78, 5) is 26.0. The summed E-state index contributed by atoms with van der Waals surface area (Å²) in [5.41, 5.74) is 2.19. The number of aromatic amines is 1. The fourth-order valence-electron chi connectivity index (χ4n) is 3.49. The zero-order chi connectivity index (χ0) is 16.4. The van der Waals surface area contributed by atoms with Gasteiger partial charge in [-0.1, -0.05) is 36.8 Å². The molecule has 1 N–H and O–H groups in total. The number of hydrogen-bond acceptors (Lipinski definition) is 3. The van der Waals surface area contributed by atoms with Gasteiger partial charge >= 0.3 is 5.69 Å². The molecule has 1 saturated heterocycles. The summed E-state index contributed by atoms with van der Waals surface area (Å²) in [5.74, 6) is 0.348. The van der Waals surface area contributed by atoms with Crippen LogP contribution in [0.15, 0.2) is 35.4 Å². The Morgan fingerprint density at radius 3 is 2.70 bits per heavy atom. The Balaban J connectivity index is 1.76. The van der Waals surface area contributed by atoms with E-state index in [1.54, 1.807) is 0 Å². The SMILES string of the molecule is CC[C@H]1[C@@H](c2ccc(C)cc2)CCN1C(=O)Cn1cn[nH]c1=O. The van der Waals surface area contributed by atoms with Crippen molar-refractivity contribution in [3.63, 3.8) is 0 Å². The first kappa shape index (κ1) is 15.5. The molecule has 0 saturated carbocycles. The molecule has 1 fully saturated rings. The molecule has 23 heavy (non-hydrogen) atoms. The van der Waals surface area contributed by atoms with Crippen LogP contribution in [0.25, 0.3) is 0 Å². The average molecular weight is 314 g/mol. The summed E-state index contributed by atoms with van der Waals surface area (Å²) in [7, 11) is 0. The van der Waals surface area contributed by atoms with Gasteiger partial charge in [-0.25, -0.2) is 9.89 Å². The number of nitrogens with zero attached hydrogens (tertiary/aromatic N) is 3. The second-order valence-electron chi connectivity index (χ2n) is 6.16. The number of nitrogens with one attached hydrogen (secondary N) is 1. The van der Waals surface area contributed by atoms with Crippen molar-refractivity contribution in [2.45, 2.75) is 45.2 Å². The second kappa shape index (κ2) is 6.40. The Labute approximate surface area is 135 Å². The van der Waals surface area contributed by atoms with E-state index in [2.05, 4.69) is 48.3 Å². The van der Waals surface area contributed by atoms with E-state index < -0.39 is 0 Å². The molecule has 1 aliphatic heterocycles. The van der Waals surface area contributed by atoms with Gasteiger partial charge in [0.1, 0.15) is 12.9 Å². The van der Waals surface area contributed by atoms with Gasteiger partial charge in [-0.3, -0.25) is 9.36 Å². The van der Waals surface area contributed by atoms with Gasteiger partial charge in [-0.05, 0) is 25.3 Å². The summed E-state index contributed by atoms with van der Waals surface area (Å²) in [6, 6.07) is 8.76. The topological polar surface area (TPSA) is 71.0 Å². The van der Waals surface area contributed by atoms with Crippen molar-refractivity contribution in [2.75, 3.05) is 6.54 Å². The molecule has 1 aliphatic rings. The van der Waals surface area contributed by atoms with Crippen LogP contribution in [0.5, 0.6) is 0 Å².